The number of nitrogens with zero attached hydrogens (tertiary/aromatic N) is 1. The highest BCUT2D eigenvalue weighted by molar-refractivity contribution is 5.79. The molecule has 4 rings (SSSR count). The van der Waals surface area contributed by atoms with Gasteiger partial charge in [0.2, 0.25) is 11.2 Å². The van der Waals surface area contributed by atoms with Gasteiger partial charge in [-0.25, -0.2) is 0 Å². The van der Waals surface area contributed by atoms with E-state index in [1.54, 1.807) is 24.3 Å². The van der Waals surface area contributed by atoms with Crippen LogP contribution in [0.5, 0.6) is 17.2 Å². The molecule has 1 fully saturated rings. The third-order valence-corrected chi connectivity index (χ3v) is 4.95. The molecule has 0 bridgehead atoms. The number of morpholine rings is 1. The van der Waals surface area contributed by atoms with Crippen molar-refractivity contribution in [3.05, 3.63) is 64.5 Å². The fourth-order valence-electron chi connectivity index (χ4n) is 3.38. The van der Waals surface area contributed by atoms with Crippen molar-refractivity contribution in [3.63, 3.8) is 0 Å². The summed E-state index contributed by atoms with van der Waals surface area (Å²) < 4.78 is 22.3. The molecule has 0 aliphatic carbocycles. The van der Waals surface area contributed by atoms with Crippen molar-refractivity contribution in [2.75, 3.05) is 39.5 Å². The van der Waals surface area contributed by atoms with Gasteiger partial charge in [-0.3, -0.25) is 9.69 Å². The van der Waals surface area contributed by atoms with E-state index >= 15 is 0 Å². The maximum atomic E-state index is 12.7. The highest BCUT2D eigenvalue weighted by atomic mass is 16.5. The Hall–Kier alpha value is -2.87. The van der Waals surface area contributed by atoms with Gasteiger partial charge in [0, 0.05) is 25.7 Å². The molecule has 7 nitrogen and oxygen atoms in total. The molecule has 1 unspecified atom stereocenters. The topological polar surface area (TPSA) is 81.4 Å². The smallest absolute Gasteiger partial charge is 0.235 e. The average Bonchev–Trinajstić information content (AvgIpc) is 2.75. The van der Waals surface area contributed by atoms with Gasteiger partial charge < -0.3 is 23.7 Å². The number of benzene rings is 2. The zero-order valence-electron chi connectivity index (χ0n) is 16.9. The number of aryl methyl sites for hydroxylation is 1. The number of fused-ring (bicyclic) bond motifs is 1. The van der Waals surface area contributed by atoms with E-state index in [-0.39, 0.29) is 17.8 Å². The standard InChI is InChI=1S/C23H25NO6/c1-16-3-2-4-19(11-16)30-22-15-29-21-12-18(5-6-20(21)23(22)26)28-14-17(25)13-24-7-9-27-10-8-24/h2-6,11-12,15,17,25H,7-10,13-14H2,1H3. The van der Waals surface area contributed by atoms with E-state index in [0.29, 0.717) is 42.2 Å². The van der Waals surface area contributed by atoms with Gasteiger partial charge in [-0.1, -0.05) is 12.1 Å². The normalized spacial score (nSPS) is 15.8. The molecule has 2 heterocycles. The Bertz CT molecular complexity index is 1060. The minimum Gasteiger partial charge on any atom is -0.491 e. The molecule has 1 aliphatic heterocycles. The third kappa shape index (κ3) is 4.99. The summed E-state index contributed by atoms with van der Waals surface area (Å²) in [6, 6.07) is 12.4. The van der Waals surface area contributed by atoms with Crippen LogP contribution in [0.2, 0.25) is 0 Å². The second-order valence-corrected chi connectivity index (χ2v) is 7.38. The molecular weight excluding hydrogens is 386 g/mol. The zero-order chi connectivity index (χ0) is 20.9. The van der Waals surface area contributed by atoms with Crippen molar-refractivity contribution in [1.82, 2.24) is 4.90 Å². The summed E-state index contributed by atoms with van der Waals surface area (Å²) in [6.07, 6.45) is 0.695. The van der Waals surface area contributed by atoms with Crippen molar-refractivity contribution in [2.45, 2.75) is 13.0 Å². The quantitative estimate of drug-likeness (QED) is 0.640. The summed E-state index contributed by atoms with van der Waals surface area (Å²) in [5.41, 5.74) is 1.18. The SMILES string of the molecule is Cc1cccc(Oc2coc3cc(OCC(O)CN4CCOCC4)ccc3c2=O)c1. The van der Waals surface area contributed by atoms with Gasteiger partial charge in [-0.05, 0) is 36.8 Å². The Morgan fingerprint density at radius 3 is 2.77 bits per heavy atom. The van der Waals surface area contributed by atoms with Crippen LogP contribution < -0.4 is 14.9 Å². The Labute approximate surface area is 174 Å². The number of aliphatic hydroxyl groups excluding tert-OH is 1. The molecule has 1 aliphatic rings. The monoisotopic (exact) mass is 411 g/mol. The van der Waals surface area contributed by atoms with E-state index in [1.807, 2.05) is 25.1 Å². The van der Waals surface area contributed by atoms with E-state index < -0.39 is 6.10 Å². The lowest BCUT2D eigenvalue weighted by Gasteiger charge is -2.28. The predicted octanol–water partition coefficient (Wildman–Crippen LogP) is 2.97. The first-order valence-corrected chi connectivity index (χ1v) is 9.99. The lowest BCUT2D eigenvalue weighted by atomic mass is 10.2. The number of ether oxygens (including phenoxy) is 3. The maximum Gasteiger partial charge on any atom is 0.235 e. The molecule has 3 aromatic rings. The van der Waals surface area contributed by atoms with Crippen molar-refractivity contribution in [3.8, 4) is 17.2 Å². The van der Waals surface area contributed by atoms with Crippen LogP contribution in [0.3, 0.4) is 0 Å². The van der Waals surface area contributed by atoms with Gasteiger partial charge in [-0.2, -0.15) is 0 Å². The van der Waals surface area contributed by atoms with Gasteiger partial charge >= 0.3 is 0 Å². The van der Waals surface area contributed by atoms with E-state index in [2.05, 4.69) is 4.90 Å². The first-order valence-electron chi connectivity index (χ1n) is 9.99. The largest absolute Gasteiger partial charge is 0.491 e. The first-order chi connectivity index (χ1) is 14.6. The van der Waals surface area contributed by atoms with Crippen LogP contribution in [0.15, 0.2) is 57.9 Å². The molecule has 0 saturated carbocycles. The second-order valence-electron chi connectivity index (χ2n) is 7.38. The van der Waals surface area contributed by atoms with Gasteiger partial charge in [0.15, 0.2) is 0 Å². The van der Waals surface area contributed by atoms with Crippen molar-refractivity contribution >= 4 is 11.0 Å². The number of hydrogen-bond acceptors (Lipinski definition) is 7. The van der Waals surface area contributed by atoms with Crippen LogP contribution in [-0.4, -0.2) is 55.6 Å². The summed E-state index contributed by atoms with van der Waals surface area (Å²) >= 11 is 0. The Morgan fingerprint density at radius 2 is 1.97 bits per heavy atom. The number of β-amino-alcohol motifs (C(OH)–C–C–N with tert-alkyl or cyclic N) is 1. The van der Waals surface area contributed by atoms with E-state index in [1.165, 1.54) is 6.26 Å². The molecule has 0 spiro atoms. The molecule has 1 atom stereocenters. The predicted molar refractivity (Wildman–Crippen MR) is 112 cm³/mol. The molecule has 2 aromatic carbocycles. The summed E-state index contributed by atoms with van der Waals surface area (Å²) in [5, 5.41) is 10.6. The molecule has 1 aromatic heterocycles. The highest BCUT2D eigenvalue weighted by Crippen LogP contribution is 2.24. The third-order valence-electron chi connectivity index (χ3n) is 4.95. The van der Waals surface area contributed by atoms with Gasteiger partial charge in [-0.15, -0.1) is 0 Å². The van der Waals surface area contributed by atoms with E-state index in [4.69, 9.17) is 18.6 Å². The number of rotatable bonds is 7. The lowest BCUT2D eigenvalue weighted by Crippen LogP contribution is -2.42. The summed E-state index contributed by atoms with van der Waals surface area (Å²) in [7, 11) is 0. The molecule has 0 amide bonds. The number of aliphatic hydroxyl groups is 1. The Kier molecular flexibility index (Phi) is 6.32. The van der Waals surface area contributed by atoms with Crippen molar-refractivity contribution < 1.29 is 23.7 Å². The minimum absolute atomic E-state index is 0.128. The molecule has 30 heavy (non-hydrogen) atoms. The zero-order valence-corrected chi connectivity index (χ0v) is 16.9. The summed E-state index contributed by atoms with van der Waals surface area (Å²) in [5.74, 6) is 1.23. The van der Waals surface area contributed by atoms with Crippen LogP contribution in [-0.2, 0) is 4.74 Å². The van der Waals surface area contributed by atoms with Gasteiger partial charge in [0.25, 0.3) is 0 Å². The fraction of sp³-hybridized carbons (Fsp3) is 0.348. The second kappa shape index (κ2) is 9.30. The van der Waals surface area contributed by atoms with Crippen LogP contribution in [0.1, 0.15) is 5.56 Å². The van der Waals surface area contributed by atoms with Crippen LogP contribution >= 0.6 is 0 Å². The van der Waals surface area contributed by atoms with E-state index in [9.17, 15) is 9.90 Å². The van der Waals surface area contributed by atoms with Crippen molar-refractivity contribution in [2.24, 2.45) is 0 Å². The maximum absolute atomic E-state index is 12.7. The van der Waals surface area contributed by atoms with Gasteiger partial charge in [0.1, 0.15) is 36.1 Å². The van der Waals surface area contributed by atoms with Crippen LogP contribution in [0.25, 0.3) is 11.0 Å². The highest BCUT2D eigenvalue weighted by Gasteiger charge is 2.16. The molecule has 1 saturated heterocycles. The molecule has 0 radical (unpaired) electrons. The van der Waals surface area contributed by atoms with Crippen LogP contribution in [0, 0.1) is 6.92 Å². The van der Waals surface area contributed by atoms with E-state index in [0.717, 1.165) is 18.7 Å². The minimum atomic E-state index is -0.615. The Morgan fingerprint density at radius 1 is 1.13 bits per heavy atom. The summed E-state index contributed by atoms with van der Waals surface area (Å²) in [4.78, 5) is 14.9. The van der Waals surface area contributed by atoms with Crippen molar-refractivity contribution in [1.29, 1.82) is 0 Å². The van der Waals surface area contributed by atoms with Gasteiger partial charge in [0.05, 0.1) is 18.6 Å². The molecule has 7 heteroatoms. The fourth-order valence-corrected chi connectivity index (χ4v) is 3.38. The lowest BCUT2D eigenvalue weighted by molar-refractivity contribution is 0.00466. The number of hydrogen-bond donors (Lipinski definition) is 1. The molecule has 1 N–H and O–H groups in total. The average molecular weight is 411 g/mol. The summed E-state index contributed by atoms with van der Waals surface area (Å²) in [6.45, 7) is 5.64. The van der Waals surface area contributed by atoms with Crippen LogP contribution in [0.4, 0.5) is 0 Å². The Balaban J connectivity index is 1.42. The molecular formula is C23H25NO6. The molecule has 158 valence electrons. The first kappa shape index (κ1) is 20.4.